The fourth-order valence-electron chi connectivity index (χ4n) is 1.91. The number of aromatic carboxylic acids is 1. The van der Waals surface area contributed by atoms with E-state index in [-0.39, 0.29) is 11.7 Å². The standard InChI is InChI=1S/C13H16BrNO4/c1-15-4-5-18-10(7-15)8-19-9-2-3-12(14)11(6-9)13(16)17/h2-3,6,10H,4-5,7-8H2,1H3,(H,16,17). The summed E-state index contributed by atoms with van der Waals surface area (Å²) in [4.78, 5) is 13.2. The first kappa shape index (κ1) is 14.3. The largest absolute Gasteiger partial charge is 0.491 e. The lowest BCUT2D eigenvalue weighted by Gasteiger charge is -2.29. The normalized spacial score (nSPS) is 20.2. The molecule has 1 fully saturated rings. The minimum absolute atomic E-state index is 0.0238. The molecule has 104 valence electrons. The number of halogens is 1. The number of rotatable bonds is 4. The molecule has 0 aliphatic carbocycles. The molecule has 0 aromatic heterocycles. The summed E-state index contributed by atoms with van der Waals surface area (Å²) in [5.74, 6) is -0.441. The Kier molecular flexibility index (Phi) is 4.79. The summed E-state index contributed by atoms with van der Waals surface area (Å²) in [6.07, 6.45) is 0.0238. The van der Waals surface area contributed by atoms with Crippen LogP contribution in [0.2, 0.25) is 0 Å². The zero-order chi connectivity index (χ0) is 13.8. The smallest absolute Gasteiger partial charge is 0.336 e. The quantitative estimate of drug-likeness (QED) is 0.913. The van der Waals surface area contributed by atoms with Gasteiger partial charge in [0.1, 0.15) is 18.5 Å². The van der Waals surface area contributed by atoms with E-state index in [4.69, 9.17) is 14.6 Å². The van der Waals surface area contributed by atoms with E-state index >= 15 is 0 Å². The van der Waals surface area contributed by atoms with Crippen molar-refractivity contribution in [1.82, 2.24) is 4.90 Å². The molecule has 1 N–H and O–H groups in total. The molecule has 1 unspecified atom stereocenters. The van der Waals surface area contributed by atoms with Crippen molar-refractivity contribution >= 4 is 21.9 Å². The first-order chi connectivity index (χ1) is 9.06. The molecule has 1 atom stereocenters. The van der Waals surface area contributed by atoms with Gasteiger partial charge in [-0.1, -0.05) is 0 Å². The second kappa shape index (κ2) is 6.36. The number of ether oxygens (including phenoxy) is 2. The molecule has 1 heterocycles. The number of carboxylic acid groups (broad SMARTS) is 1. The Balaban J connectivity index is 1.96. The molecule has 0 bridgehead atoms. The SMILES string of the molecule is CN1CCOC(COc2ccc(Br)c(C(=O)O)c2)C1. The Morgan fingerprint density at radius 2 is 2.42 bits per heavy atom. The first-order valence-electron chi connectivity index (χ1n) is 6.02. The van der Waals surface area contributed by atoms with Gasteiger partial charge in [0.05, 0.1) is 12.2 Å². The van der Waals surface area contributed by atoms with Crippen LogP contribution in [-0.4, -0.2) is 55.4 Å². The molecule has 5 nitrogen and oxygen atoms in total. The summed E-state index contributed by atoms with van der Waals surface area (Å²) >= 11 is 3.20. The Labute approximate surface area is 120 Å². The van der Waals surface area contributed by atoms with Gasteiger partial charge in [-0.05, 0) is 41.2 Å². The van der Waals surface area contributed by atoms with Gasteiger partial charge in [0.2, 0.25) is 0 Å². The second-order valence-electron chi connectivity index (χ2n) is 4.51. The number of benzene rings is 1. The number of nitrogens with zero attached hydrogens (tertiary/aromatic N) is 1. The van der Waals surface area contributed by atoms with Crippen molar-refractivity contribution in [3.63, 3.8) is 0 Å². The highest BCUT2D eigenvalue weighted by atomic mass is 79.9. The van der Waals surface area contributed by atoms with E-state index in [1.165, 1.54) is 6.07 Å². The van der Waals surface area contributed by atoms with Crippen molar-refractivity contribution in [2.24, 2.45) is 0 Å². The van der Waals surface area contributed by atoms with Gasteiger partial charge in [-0.25, -0.2) is 4.79 Å². The van der Waals surface area contributed by atoms with Gasteiger partial charge in [-0.15, -0.1) is 0 Å². The number of likely N-dealkylation sites (N-methyl/N-ethyl adjacent to an activating group) is 1. The number of hydrogen-bond donors (Lipinski definition) is 1. The average Bonchev–Trinajstić information content (AvgIpc) is 2.37. The summed E-state index contributed by atoms with van der Waals surface area (Å²) in [6, 6.07) is 4.93. The third kappa shape index (κ3) is 3.92. The van der Waals surface area contributed by atoms with Crippen molar-refractivity contribution in [1.29, 1.82) is 0 Å². The zero-order valence-electron chi connectivity index (χ0n) is 10.6. The maximum atomic E-state index is 11.0. The highest BCUT2D eigenvalue weighted by Gasteiger charge is 2.18. The van der Waals surface area contributed by atoms with E-state index < -0.39 is 5.97 Å². The summed E-state index contributed by atoms with van der Waals surface area (Å²) in [5, 5.41) is 9.02. The zero-order valence-corrected chi connectivity index (χ0v) is 12.2. The highest BCUT2D eigenvalue weighted by Crippen LogP contribution is 2.23. The minimum Gasteiger partial charge on any atom is -0.491 e. The predicted octanol–water partition coefficient (Wildman–Crippen LogP) is 1.86. The summed E-state index contributed by atoms with van der Waals surface area (Å²) in [6.45, 7) is 2.87. The molecule has 0 spiro atoms. The molecule has 1 aliphatic heterocycles. The second-order valence-corrected chi connectivity index (χ2v) is 5.37. The van der Waals surface area contributed by atoms with Gasteiger partial charge in [-0.3, -0.25) is 0 Å². The molecule has 2 rings (SSSR count). The summed E-state index contributed by atoms with van der Waals surface area (Å²) in [7, 11) is 2.04. The van der Waals surface area contributed by atoms with Gasteiger partial charge in [-0.2, -0.15) is 0 Å². The van der Waals surface area contributed by atoms with E-state index in [0.717, 1.165) is 13.1 Å². The molecular weight excluding hydrogens is 314 g/mol. The van der Waals surface area contributed by atoms with E-state index in [2.05, 4.69) is 20.8 Å². The minimum atomic E-state index is -0.981. The third-order valence-electron chi connectivity index (χ3n) is 2.95. The first-order valence-corrected chi connectivity index (χ1v) is 6.81. The Morgan fingerprint density at radius 1 is 1.63 bits per heavy atom. The number of morpholine rings is 1. The van der Waals surface area contributed by atoms with Crippen molar-refractivity contribution in [2.45, 2.75) is 6.10 Å². The van der Waals surface area contributed by atoms with Crippen LogP contribution in [-0.2, 0) is 4.74 Å². The number of carboxylic acids is 1. The van der Waals surface area contributed by atoms with Gasteiger partial charge in [0, 0.05) is 17.6 Å². The lowest BCUT2D eigenvalue weighted by Crippen LogP contribution is -2.42. The molecule has 1 aromatic carbocycles. The Hall–Kier alpha value is -1.11. The third-order valence-corrected chi connectivity index (χ3v) is 3.64. The van der Waals surface area contributed by atoms with Crippen LogP contribution in [0.15, 0.2) is 22.7 Å². The van der Waals surface area contributed by atoms with Gasteiger partial charge in [0.15, 0.2) is 0 Å². The van der Waals surface area contributed by atoms with Crippen LogP contribution in [0.25, 0.3) is 0 Å². The summed E-state index contributed by atoms with van der Waals surface area (Å²) in [5.41, 5.74) is 0.194. The van der Waals surface area contributed by atoms with Crippen LogP contribution in [0.3, 0.4) is 0 Å². The van der Waals surface area contributed by atoms with Crippen LogP contribution in [0, 0.1) is 0 Å². The highest BCUT2D eigenvalue weighted by molar-refractivity contribution is 9.10. The topological polar surface area (TPSA) is 59.0 Å². The molecule has 6 heteroatoms. The molecule has 0 amide bonds. The predicted molar refractivity (Wildman–Crippen MR) is 73.8 cm³/mol. The maximum absolute atomic E-state index is 11.0. The fourth-order valence-corrected chi connectivity index (χ4v) is 2.33. The fraction of sp³-hybridized carbons (Fsp3) is 0.462. The van der Waals surface area contributed by atoms with Crippen LogP contribution in [0.5, 0.6) is 5.75 Å². The number of carbonyl (C=O) groups is 1. The van der Waals surface area contributed by atoms with Crippen LogP contribution < -0.4 is 4.74 Å². The lowest BCUT2D eigenvalue weighted by atomic mass is 10.2. The van der Waals surface area contributed by atoms with Gasteiger partial charge < -0.3 is 19.5 Å². The van der Waals surface area contributed by atoms with E-state index in [9.17, 15) is 4.79 Å². The van der Waals surface area contributed by atoms with Crippen LogP contribution >= 0.6 is 15.9 Å². The van der Waals surface area contributed by atoms with E-state index in [1.54, 1.807) is 12.1 Å². The molecule has 1 aromatic rings. The van der Waals surface area contributed by atoms with Crippen molar-refractivity contribution in [3.8, 4) is 5.75 Å². The Morgan fingerprint density at radius 3 is 3.11 bits per heavy atom. The average molecular weight is 330 g/mol. The van der Waals surface area contributed by atoms with Gasteiger partial charge >= 0.3 is 5.97 Å². The molecule has 0 radical (unpaired) electrons. The van der Waals surface area contributed by atoms with E-state index in [1.807, 2.05) is 7.05 Å². The van der Waals surface area contributed by atoms with Crippen molar-refractivity contribution < 1.29 is 19.4 Å². The van der Waals surface area contributed by atoms with Crippen LogP contribution in [0.4, 0.5) is 0 Å². The molecule has 1 saturated heterocycles. The lowest BCUT2D eigenvalue weighted by molar-refractivity contribution is -0.0403. The number of hydrogen-bond acceptors (Lipinski definition) is 4. The van der Waals surface area contributed by atoms with Crippen molar-refractivity contribution in [2.75, 3.05) is 33.4 Å². The molecule has 0 saturated carbocycles. The van der Waals surface area contributed by atoms with Gasteiger partial charge in [0.25, 0.3) is 0 Å². The molecule has 19 heavy (non-hydrogen) atoms. The molecular formula is C13H16BrNO4. The summed E-state index contributed by atoms with van der Waals surface area (Å²) < 4.78 is 11.7. The molecule has 1 aliphatic rings. The van der Waals surface area contributed by atoms with Crippen molar-refractivity contribution in [3.05, 3.63) is 28.2 Å². The maximum Gasteiger partial charge on any atom is 0.336 e. The van der Waals surface area contributed by atoms with Crippen LogP contribution in [0.1, 0.15) is 10.4 Å². The Bertz CT molecular complexity index is 466. The van der Waals surface area contributed by atoms with E-state index in [0.29, 0.717) is 23.4 Å². The monoisotopic (exact) mass is 329 g/mol.